The summed E-state index contributed by atoms with van der Waals surface area (Å²) >= 11 is 6.05. The maximum atomic E-state index is 6.05. The Morgan fingerprint density at radius 1 is 1.00 bits per heavy atom. The largest absolute Gasteiger partial charge is 0.353 e. The Morgan fingerprint density at radius 2 is 1.78 bits per heavy atom. The van der Waals surface area contributed by atoms with E-state index in [-0.39, 0.29) is 5.28 Å². The molecular weight excluding hydrogens is 314 g/mol. The molecule has 7 nitrogen and oxygen atoms in total. The lowest BCUT2D eigenvalue weighted by molar-refractivity contribution is 0.633. The topological polar surface area (TPSA) is 70.1 Å². The Kier molecular flexibility index (Phi) is 3.87. The first-order valence-corrected chi connectivity index (χ1v) is 8.25. The van der Waals surface area contributed by atoms with Crippen LogP contribution in [0.2, 0.25) is 5.28 Å². The van der Waals surface area contributed by atoms with E-state index in [4.69, 9.17) is 11.6 Å². The number of nitrogens with one attached hydrogen (secondary N) is 1. The van der Waals surface area contributed by atoms with Gasteiger partial charge in [0.1, 0.15) is 5.82 Å². The minimum Gasteiger partial charge on any atom is -0.353 e. The Morgan fingerprint density at radius 3 is 2.48 bits per heavy atom. The van der Waals surface area contributed by atoms with Crippen molar-refractivity contribution >= 4 is 29.3 Å². The highest BCUT2D eigenvalue weighted by Gasteiger charge is 2.24. The van der Waals surface area contributed by atoms with Crippen molar-refractivity contribution in [1.29, 1.82) is 0 Å². The fourth-order valence-electron chi connectivity index (χ4n) is 2.63. The molecule has 0 bridgehead atoms. The molecule has 0 unspecified atom stereocenters. The van der Waals surface area contributed by atoms with Crippen molar-refractivity contribution in [1.82, 2.24) is 19.9 Å². The predicted molar refractivity (Wildman–Crippen MR) is 90.1 cm³/mol. The molecule has 1 saturated heterocycles. The van der Waals surface area contributed by atoms with Crippen LogP contribution >= 0.6 is 11.6 Å². The van der Waals surface area contributed by atoms with Gasteiger partial charge in [0, 0.05) is 38.4 Å². The van der Waals surface area contributed by atoms with Crippen LogP contribution in [-0.2, 0) is 0 Å². The fourth-order valence-corrected chi connectivity index (χ4v) is 2.79. The lowest BCUT2D eigenvalue weighted by Gasteiger charge is -2.35. The number of pyridine rings is 1. The molecule has 2 aromatic rings. The van der Waals surface area contributed by atoms with E-state index < -0.39 is 0 Å². The number of piperazine rings is 1. The van der Waals surface area contributed by atoms with E-state index in [1.54, 1.807) is 0 Å². The molecular formula is C15H18ClN7. The van der Waals surface area contributed by atoms with Crippen molar-refractivity contribution in [3.05, 3.63) is 29.7 Å². The summed E-state index contributed by atoms with van der Waals surface area (Å²) in [4.78, 5) is 21.8. The Labute approximate surface area is 139 Å². The van der Waals surface area contributed by atoms with Crippen LogP contribution in [0.25, 0.3) is 0 Å². The average Bonchev–Trinajstić information content (AvgIpc) is 3.39. The summed E-state index contributed by atoms with van der Waals surface area (Å²) in [6, 6.07) is 6.46. The van der Waals surface area contributed by atoms with E-state index >= 15 is 0 Å². The van der Waals surface area contributed by atoms with Crippen LogP contribution in [0, 0.1) is 0 Å². The third-order valence-corrected chi connectivity index (χ3v) is 4.21. The van der Waals surface area contributed by atoms with Gasteiger partial charge in [-0.25, -0.2) is 4.98 Å². The van der Waals surface area contributed by atoms with Gasteiger partial charge in [0.15, 0.2) is 0 Å². The maximum Gasteiger partial charge on any atom is 0.231 e. The molecule has 1 N–H and O–H groups in total. The van der Waals surface area contributed by atoms with E-state index in [0.29, 0.717) is 17.9 Å². The molecule has 8 heteroatoms. The number of hydrogen-bond donors (Lipinski definition) is 1. The summed E-state index contributed by atoms with van der Waals surface area (Å²) in [6.45, 7) is 3.43. The van der Waals surface area contributed by atoms with Gasteiger partial charge in [-0.1, -0.05) is 6.07 Å². The van der Waals surface area contributed by atoms with Crippen LogP contribution in [0.4, 0.5) is 17.7 Å². The van der Waals surface area contributed by atoms with Crippen molar-refractivity contribution in [2.45, 2.75) is 18.9 Å². The van der Waals surface area contributed by atoms with E-state index in [0.717, 1.165) is 32.0 Å². The lowest BCUT2D eigenvalue weighted by atomic mass is 10.3. The van der Waals surface area contributed by atoms with Gasteiger partial charge in [0.25, 0.3) is 0 Å². The molecule has 1 aliphatic carbocycles. The van der Waals surface area contributed by atoms with Gasteiger partial charge in [-0.15, -0.1) is 0 Å². The number of anilines is 3. The molecule has 1 saturated carbocycles. The third-order valence-electron chi connectivity index (χ3n) is 4.04. The molecule has 4 rings (SSSR count). The van der Waals surface area contributed by atoms with Gasteiger partial charge in [0.2, 0.25) is 17.2 Å². The lowest BCUT2D eigenvalue weighted by Crippen LogP contribution is -2.47. The summed E-state index contributed by atoms with van der Waals surface area (Å²) < 4.78 is 0. The van der Waals surface area contributed by atoms with Gasteiger partial charge in [-0.05, 0) is 36.6 Å². The van der Waals surface area contributed by atoms with Crippen LogP contribution in [0.1, 0.15) is 12.8 Å². The zero-order valence-electron chi connectivity index (χ0n) is 12.7. The van der Waals surface area contributed by atoms with Crippen molar-refractivity contribution in [3.63, 3.8) is 0 Å². The summed E-state index contributed by atoms with van der Waals surface area (Å²) in [5.74, 6) is 2.24. The number of rotatable bonds is 4. The summed E-state index contributed by atoms with van der Waals surface area (Å²) in [5, 5.41) is 3.52. The highest BCUT2D eigenvalue weighted by Crippen LogP contribution is 2.24. The van der Waals surface area contributed by atoms with Crippen molar-refractivity contribution in [2.24, 2.45) is 0 Å². The van der Waals surface area contributed by atoms with Gasteiger partial charge >= 0.3 is 0 Å². The van der Waals surface area contributed by atoms with Gasteiger partial charge in [0.05, 0.1) is 0 Å². The first-order valence-electron chi connectivity index (χ1n) is 7.87. The standard InChI is InChI=1S/C15H18ClN7/c16-13-19-14(18-11-4-5-11)21-15(20-13)23-9-7-22(8-10-23)12-3-1-2-6-17-12/h1-3,6,11H,4-5,7-10H2,(H,18,19,20,21). The fraction of sp³-hybridized carbons (Fsp3) is 0.467. The summed E-state index contributed by atoms with van der Waals surface area (Å²) in [7, 11) is 0. The molecule has 0 aromatic carbocycles. The zero-order valence-corrected chi connectivity index (χ0v) is 13.4. The second kappa shape index (κ2) is 6.16. The quantitative estimate of drug-likeness (QED) is 0.916. The molecule has 0 radical (unpaired) electrons. The third kappa shape index (κ3) is 3.44. The van der Waals surface area contributed by atoms with Crippen LogP contribution in [-0.4, -0.2) is 52.2 Å². The highest BCUT2D eigenvalue weighted by molar-refractivity contribution is 6.28. The molecule has 0 spiro atoms. The van der Waals surface area contributed by atoms with E-state index in [1.807, 2.05) is 24.4 Å². The smallest absolute Gasteiger partial charge is 0.231 e. The molecule has 2 aliphatic rings. The Balaban J connectivity index is 1.44. The molecule has 3 heterocycles. The minimum atomic E-state index is 0.241. The maximum absolute atomic E-state index is 6.05. The Bertz CT molecular complexity index is 669. The molecule has 23 heavy (non-hydrogen) atoms. The van der Waals surface area contributed by atoms with E-state index in [1.165, 1.54) is 12.8 Å². The predicted octanol–water partition coefficient (Wildman–Crippen LogP) is 1.82. The normalized spacial score (nSPS) is 18.1. The molecule has 2 aromatic heterocycles. The average molecular weight is 332 g/mol. The van der Waals surface area contributed by atoms with Crippen LogP contribution in [0.5, 0.6) is 0 Å². The summed E-state index contributed by atoms with van der Waals surface area (Å²) in [5.41, 5.74) is 0. The second-order valence-corrected chi connectivity index (χ2v) is 6.15. The number of hydrogen-bond acceptors (Lipinski definition) is 7. The molecule has 120 valence electrons. The second-order valence-electron chi connectivity index (χ2n) is 5.81. The highest BCUT2D eigenvalue weighted by atomic mass is 35.5. The molecule has 2 fully saturated rings. The van der Waals surface area contributed by atoms with E-state index in [9.17, 15) is 0 Å². The molecule has 1 aliphatic heterocycles. The SMILES string of the molecule is Clc1nc(NC2CC2)nc(N2CCN(c3ccccn3)CC2)n1. The minimum absolute atomic E-state index is 0.241. The van der Waals surface area contributed by atoms with Crippen molar-refractivity contribution in [2.75, 3.05) is 41.3 Å². The first kappa shape index (κ1) is 14.4. The number of nitrogens with zero attached hydrogens (tertiary/aromatic N) is 6. The van der Waals surface area contributed by atoms with Gasteiger partial charge in [-0.2, -0.15) is 15.0 Å². The summed E-state index contributed by atoms with van der Waals surface area (Å²) in [6.07, 6.45) is 4.16. The Hall–Kier alpha value is -2.15. The first-order chi connectivity index (χ1) is 11.3. The van der Waals surface area contributed by atoms with Gasteiger partial charge in [-0.3, -0.25) is 0 Å². The number of aromatic nitrogens is 4. The van der Waals surface area contributed by atoms with Crippen molar-refractivity contribution in [3.8, 4) is 0 Å². The molecule has 0 amide bonds. The van der Waals surface area contributed by atoms with Crippen LogP contribution < -0.4 is 15.1 Å². The van der Waals surface area contributed by atoms with Crippen molar-refractivity contribution < 1.29 is 0 Å². The van der Waals surface area contributed by atoms with Crippen LogP contribution in [0.3, 0.4) is 0 Å². The zero-order chi connectivity index (χ0) is 15.6. The van der Waals surface area contributed by atoms with Crippen LogP contribution in [0.15, 0.2) is 24.4 Å². The van der Waals surface area contributed by atoms with E-state index in [2.05, 4.69) is 35.1 Å². The molecule has 0 atom stereocenters. The van der Waals surface area contributed by atoms with Gasteiger partial charge < -0.3 is 15.1 Å². The monoisotopic (exact) mass is 331 g/mol. The number of halogens is 1.